The van der Waals surface area contributed by atoms with E-state index in [2.05, 4.69) is 20.9 Å². The topological polar surface area (TPSA) is 51.8 Å². The molecule has 0 saturated heterocycles. The van der Waals surface area contributed by atoms with Crippen LogP contribution in [0.5, 0.6) is 5.75 Å². The summed E-state index contributed by atoms with van der Waals surface area (Å²) in [6.45, 7) is 0.322. The van der Waals surface area contributed by atoms with Crippen molar-refractivity contribution >= 4 is 38.3 Å². The van der Waals surface area contributed by atoms with Crippen molar-refractivity contribution in [2.45, 2.75) is 0 Å². The summed E-state index contributed by atoms with van der Waals surface area (Å²) >= 11 is 3.40. The van der Waals surface area contributed by atoms with Gasteiger partial charge >= 0.3 is 5.63 Å². The second kappa shape index (κ2) is 5.10. The minimum atomic E-state index is -0.483. The molecule has 4 nitrogen and oxygen atoms in total. The van der Waals surface area contributed by atoms with Gasteiger partial charge in [0.15, 0.2) is 11.4 Å². The molecule has 0 atom stereocenters. The molecule has 0 saturated carbocycles. The van der Waals surface area contributed by atoms with Crippen LogP contribution in [-0.4, -0.2) is 12.3 Å². The summed E-state index contributed by atoms with van der Waals surface area (Å²) in [7, 11) is 0. The largest absolute Gasteiger partial charge is 0.484 e. The molecule has 1 aliphatic heterocycles. The number of nitrogens with zero attached hydrogens (tertiary/aromatic N) is 1. The van der Waals surface area contributed by atoms with Crippen LogP contribution in [0.1, 0.15) is 5.56 Å². The quantitative estimate of drug-likeness (QED) is 0.618. The van der Waals surface area contributed by atoms with Crippen molar-refractivity contribution in [1.82, 2.24) is 0 Å². The average molecular weight is 356 g/mol. The molecule has 0 N–H and O–H groups in total. The molecule has 0 spiro atoms. The van der Waals surface area contributed by atoms with Crippen LogP contribution in [0.15, 0.2) is 67.2 Å². The minimum Gasteiger partial charge on any atom is -0.484 e. The van der Waals surface area contributed by atoms with E-state index >= 15 is 0 Å². The van der Waals surface area contributed by atoms with E-state index < -0.39 is 5.63 Å². The summed E-state index contributed by atoms with van der Waals surface area (Å²) in [6, 6.07) is 15.0. The third kappa shape index (κ3) is 2.14. The minimum absolute atomic E-state index is 0.225. The van der Waals surface area contributed by atoms with Gasteiger partial charge in [-0.15, -0.1) is 0 Å². The first-order valence-electron chi connectivity index (χ1n) is 6.74. The van der Waals surface area contributed by atoms with E-state index in [1.54, 1.807) is 6.07 Å². The lowest BCUT2D eigenvalue weighted by Crippen LogP contribution is -2.19. The van der Waals surface area contributed by atoms with Gasteiger partial charge < -0.3 is 9.15 Å². The maximum atomic E-state index is 12.1. The van der Waals surface area contributed by atoms with Gasteiger partial charge in [-0.1, -0.05) is 40.2 Å². The molecule has 0 aliphatic carbocycles. The molecule has 1 aromatic heterocycles. The summed E-state index contributed by atoms with van der Waals surface area (Å²) in [6.07, 6.45) is 0. The van der Waals surface area contributed by atoms with Crippen LogP contribution in [0.25, 0.3) is 11.0 Å². The first kappa shape index (κ1) is 13.3. The van der Waals surface area contributed by atoms with Crippen molar-refractivity contribution in [3.05, 3.63) is 69.0 Å². The third-order valence-corrected chi connectivity index (χ3v) is 4.05. The second-order valence-electron chi connectivity index (χ2n) is 4.92. The molecule has 0 radical (unpaired) electrons. The van der Waals surface area contributed by atoms with Crippen LogP contribution in [0.3, 0.4) is 0 Å². The lowest BCUT2D eigenvalue weighted by Gasteiger charge is -2.17. The molecule has 0 fully saturated rings. The lowest BCUT2D eigenvalue weighted by molar-refractivity contribution is 0.372. The fourth-order valence-corrected chi connectivity index (χ4v) is 2.72. The molecule has 0 amide bonds. The highest BCUT2D eigenvalue weighted by Gasteiger charge is 2.21. The molecule has 22 heavy (non-hydrogen) atoms. The van der Waals surface area contributed by atoms with Crippen molar-refractivity contribution in [3.63, 3.8) is 0 Å². The van der Waals surface area contributed by atoms with Gasteiger partial charge in [0.1, 0.15) is 12.2 Å². The molecular weight excluding hydrogens is 346 g/mol. The monoisotopic (exact) mass is 355 g/mol. The molecular formula is C17H10BrNO3. The van der Waals surface area contributed by atoms with Crippen molar-refractivity contribution in [2.24, 2.45) is 4.99 Å². The van der Waals surface area contributed by atoms with Gasteiger partial charge in [0.05, 0.1) is 11.1 Å². The van der Waals surface area contributed by atoms with Gasteiger partial charge in [-0.25, -0.2) is 9.79 Å². The second-order valence-corrected chi connectivity index (χ2v) is 5.83. The van der Waals surface area contributed by atoms with Crippen LogP contribution in [0.4, 0.5) is 5.69 Å². The fraction of sp³-hybridized carbons (Fsp3) is 0.0588. The Morgan fingerprint density at radius 1 is 1.05 bits per heavy atom. The lowest BCUT2D eigenvalue weighted by atomic mass is 10.1. The van der Waals surface area contributed by atoms with Crippen LogP contribution < -0.4 is 10.4 Å². The highest BCUT2D eigenvalue weighted by molar-refractivity contribution is 9.10. The van der Waals surface area contributed by atoms with Crippen molar-refractivity contribution in [3.8, 4) is 5.75 Å². The summed E-state index contributed by atoms with van der Waals surface area (Å²) in [5, 5.41) is 0.760. The summed E-state index contributed by atoms with van der Waals surface area (Å²) < 4.78 is 12.1. The number of halogens is 1. The molecule has 2 aromatic carbocycles. The standard InChI is InChI=1S/C17H10BrNO3/c18-11-7-5-10(6-8-11)13-9-21-16-12-3-1-2-4-14(12)22-17(20)15(16)19-13/h1-8H,9H2. The Balaban J connectivity index is 1.91. The molecule has 108 valence electrons. The summed E-state index contributed by atoms with van der Waals surface area (Å²) in [5.74, 6) is 0.493. The zero-order chi connectivity index (χ0) is 15.1. The number of fused-ring (bicyclic) bond motifs is 3. The fourth-order valence-electron chi connectivity index (χ4n) is 2.45. The Hall–Kier alpha value is -2.40. The third-order valence-electron chi connectivity index (χ3n) is 3.52. The zero-order valence-electron chi connectivity index (χ0n) is 11.4. The van der Waals surface area contributed by atoms with Gasteiger partial charge in [-0.2, -0.15) is 0 Å². The number of aliphatic imine (C=N–C) groups is 1. The predicted octanol–water partition coefficient (Wildman–Crippen LogP) is 4.07. The smallest absolute Gasteiger partial charge is 0.366 e. The van der Waals surface area contributed by atoms with E-state index in [0.717, 1.165) is 15.4 Å². The van der Waals surface area contributed by atoms with Crippen LogP contribution in [0, 0.1) is 0 Å². The van der Waals surface area contributed by atoms with Gasteiger partial charge in [0, 0.05) is 4.47 Å². The summed E-state index contributed by atoms with van der Waals surface area (Å²) in [5.41, 5.74) is 1.88. The van der Waals surface area contributed by atoms with Crippen molar-refractivity contribution in [1.29, 1.82) is 0 Å². The highest BCUT2D eigenvalue weighted by atomic mass is 79.9. The van der Waals surface area contributed by atoms with Gasteiger partial charge in [-0.3, -0.25) is 0 Å². The number of benzene rings is 2. The van der Waals surface area contributed by atoms with Crippen molar-refractivity contribution < 1.29 is 9.15 Å². The maximum Gasteiger partial charge on any atom is 0.366 e. The van der Waals surface area contributed by atoms with Crippen LogP contribution in [0.2, 0.25) is 0 Å². The number of ether oxygens (including phenoxy) is 1. The molecule has 0 unspecified atom stereocenters. The molecule has 5 heteroatoms. The molecule has 2 heterocycles. The van der Waals surface area contributed by atoms with Crippen LogP contribution >= 0.6 is 15.9 Å². The highest BCUT2D eigenvalue weighted by Crippen LogP contribution is 2.35. The Bertz CT molecular complexity index is 958. The zero-order valence-corrected chi connectivity index (χ0v) is 13.0. The van der Waals surface area contributed by atoms with E-state index in [0.29, 0.717) is 23.7 Å². The first-order chi connectivity index (χ1) is 10.7. The SMILES string of the molecule is O=c1oc2ccccc2c2c1N=C(c1ccc(Br)cc1)CO2. The van der Waals surface area contributed by atoms with Crippen LogP contribution in [-0.2, 0) is 0 Å². The van der Waals surface area contributed by atoms with E-state index in [1.165, 1.54) is 0 Å². The number of para-hydroxylation sites is 1. The number of hydrogen-bond acceptors (Lipinski definition) is 4. The molecule has 1 aliphatic rings. The molecule has 4 rings (SSSR count). The maximum absolute atomic E-state index is 12.1. The van der Waals surface area contributed by atoms with Crippen molar-refractivity contribution in [2.75, 3.05) is 6.61 Å². The molecule has 0 bridgehead atoms. The Labute approximate surface area is 134 Å². The number of hydrogen-bond donors (Lipinski definition) is 0. The Morgan fingerprint density at radius 3 is 2.64 bits per heavy atom. The van der Waals surface area contributed by atoms with Gasteiger partial charge in [0.2, 0.25) is 0 Å². The van der Waals surface area contributed by atoms with E-state index in [4.69, 9.17) is 9.15 Å². The Morgan fingerprint density at radius 2 is 1.82 bits per heavy atom. The summed E-state index contributed by atoms with van der Waals surface area (Å²) in [4.78, 5) is 16.6. The normalized spacial score (nSPS) is 13.4. The predicted molar refractivity (Wildman–Crippen MR) is 88.3 cm³/mol. The number of rotatable bonds is 1. The van der Waals surface area contributed by atoms with E-state index in [-0.39, 0.29) is 5.69 Å². The van der Waals surface area contributed by atoms with E-state index in [1.807, 2.05) is 42.5 Å². The Kier molecular flexibility index (Phi) is 3.08. The first-order valence-corrected chi connectivity index (χ1v) is 7.54. The molecule has 3 aromatic rings. The van der Waals surface area contributed by atoms with Gasteiger partial charge in [0.25, 0.3) is 0 Å². The average Bonchev–Trinajstić information content (AvgIpc) is 2.55. The van der Waals surface area contributed by atoms with Gasteiger partial charge in [-0.05, 0) is 29.8 Å². The van der Waals surface area contributed by atoms with E-state index in [9.17, 15) is 4.79 Å².